The topological polar surface area (TPSA) is 75.6 Å². The Bertz CT molecular complexity index is 502. The molecule has 0 unspecified atom stereocenters. The maximum atomic E-state index is 11.4. The van der Waals surface area contributed by atoms with Crippen LogP contribution in [-0.4, -0.2) is 24.1 Å². The number of rotatable bonds is 5. The summed E-state index contributed by atoms with van der Waals surface area (Å²) in [7, 11) is 1.37. The molecule has 0 aliphatic carbocycles. The molecule has 5 heteroatoms. The maximum Gasteiger partial charge on any atom is 0.339 e. The third-order valence-corrected chi connectivity index (χ3v) is 2.21. The molecule has 0 spiro atoms. The quantitative estimate of drug-likeness (QED) is 0.777. The van der Waals surface area contributed by atoms with Gasteiger partial charge < -0.3 is 15.2 Å². The fourth-order valence-corrected chi connectivity index (χ4v) is 1.35. The summed E-state index contributed by atoms with van der Waals surface area (Å²) in [6.45, 7) is 0. The fraction of sp³-hybridized carbons (Fsp3) is 0.231. The Morgan fingerprint density at radius 1 is 1.50 bits per heavy atom. The van der Waals surface area contributed by atoms with Crippen molar-refractivity contribution in [3.8, 4) is 18.1 Å². The summed E-state index contributed by atoms with van der Waals surface area (Å²) < 4.78 is 4.95. The molecule has 94 valence electrons. The molecule has 1 amide bonds. The van der Waals surface area contributed by atoms with Crippen LogP contribution in [0.2, 0.25) is 0 Å². The standard InChI is InChI=1S/C13H13NO4/c1-3-4-5-12(15)14-9-6-7-10(13(16)17)11(8-9)18-2/h1,6-8H,4-5H2,2H3,(H,14,15)(H,16,17). The van der Waals surface area contributed by atoms with E-state index in [1.54, 1.807) is 0 Å². The van der Waals surface area contributed by atoms with Gasteiger partial charge in [0.05, 0.1) is 7.11 Å². The summed E-state index contributed by atoms with van der Waals surface area (Å²) in [5.74, 6) is 1.25. The molecule has 0 atom stereocenters. The lowest BCUT2D eigenvalue weighted by molar-refractivity contribution is -0.116. The average molecular weight is 247 g/mol. The first-order valence-corrected chi connectivity index (χ1v) is 5.23. The van der Waals surface area contributed by atoms with E-state index in [0.29, 0.717) is 12.1 Å². The number of terminal acetylenes is 1. The summed E-state index contributed by atoms with van der Waals surface area (Å²) in [6.07, 6.45) is 5.63. The number of carboxylic acid groups (broad SMARTS) is 1. The third kappa shape index (κ3) is 3.52. The number of carboxylic acids is 1. The zero-order valence-electron chi connectivity index (χ0n) is 9.90. The largest absolute Gasteiger partial charge is 0.496 e. The van der Waals surface area contributed by atoms with Crippen molar-refractivity contribution in [1.82, 2.24) is 0 Å². The number of anilines is 1. The Balaban J connectivity index is 2.83. The number of hydrogen-bond acceptors (Lipinski definition) is 3. The Kier molecular flexibility index (Phi) is 4.76. The van der Waals surface area contributed by atoms with Crippen LogP contribution in [0.25, 0.3) is 0 Å². The second-order valence-electron chi connectivity index (χ2n) is 3.47. The van der Waals surface area contributed by atoms with E-state index in [2.05, 4.69) is 11.2 Å². The van der Waals surface area contributed by atoms with Gasteiger partial charge in [0.15, 0.2) is 0 Å². The van der Waals surface area contributed by atoms with Crippen molar-refractivity contribution in [1.29, 1.82) is 0 Å². The molecular formula is C13H13NO4. The van der Waals surface area contributed by atoms with Gasteiger partial charge in [-0.15, -0.1) is 12.3 Å². The Morgan fingerprint density at radius 3 is 2.78 bits per heavy atom. The van der Waals surface area contributed by atoms with Gasteiger partial charge in [-0.05, 0) is 12.1 Å². The smallest absolute Gasteiger partial charge is 0.339 e. The molecule has 5 nitrogen and oxygen atoms in total. The molecule has 0 aliphatic rings. The van der Waals surface area contributed by atoms with Gasteiger partial charge in [-0.3, -0.25) is 4.79 Å². The van der Waals surface area contributed by atoms with Gasteiger partial charge in [0.25, 0.3) is 0 Å². The van der Waals surface area contributed by atoms with E-state index in [-0.39, 0.29) is 23.6 Å². The van der Waals surface area contributed by atoms with Crippen molar-refractivity contribution in [2.45, 2.75) is 12.8 Å². The first-order valence-electron chi connectivity index (χ1n) is 5.23. The minimum absolute atomic E-state index is 0.0409. The zero-order valence-corrected chi connectivity index (χ0v) is 9.90. The molecule has 1 rings (SSSR count). The highest BCUT2D eigenvalue weighted by atomic mass is 16.5. The molecule has 0 bridgehead atoms. The van der Waals surface area contributed by atoms with E-state index in [0.717, 1.165) is 0 Å². The van der Waals surface area contributed by atoms with Crippen LogP contribution in [0.1, 0.15) is 23.2 Å². The highest BCUT2D eigenvalue weighted by Crippen LogP contribution is 2.23. The highest BCUT2D eigenvalue weighted by Gasteiger charge is 2.12. The summed E-state index contributed by atoms with van der Waals surface area (Å²) in [5.41, 5.74) is 0.512. The minimum atomic E-state index is -1.09. The van der Waals surface area contributed by atoms with Gasteiger partial charge in [-0.25, -0.2) is 4.79 Å². The number of aromatic carboxylic acids is 1. The van der Waals surface area contributed by atoms with Crippen LogP contribution < -0.4 is 10.1 Å². The number of nitrogens with one attached hydrogen (secondary N) is 1. The maximum absolute atomic E-state index is 11.4. The van der Waals surface area contributed by atoms with Gasteiger partial charge in [-0.1, -0.05) is 0 Å². The molecular weight excluding hydrogens is 234 g/mol. The van der Waals surface area contributed by atoms with Crippen LogP contribution in [0.15, 0.2) is 18.2 Å². The van der Waals surface area contributed by atoms with E-state index < -0.39 is 5.97 Å². The van der Waals surface area contributed by atoms with Crippen LogP contribution in [0.3, 0.4) is 0 Å². The molecule has 0 aromatic heterocycles. The zero-order chi connectivity index (χ0) is 13.5. The van der Waals surface area contributed by atoms with E-state index in [4.69, 9.17) is 16.3 Å². The lowest BCUT2D eigenvalue weighted by Gasteiger charge is -2.08. The van der Waals surface area contributed by atoms with Crippen LogP contribution in [-0.2, 0) is 4.79 Å². The molecule has 0 aliphatic heterocycles. The highest BCUT2D eigenvalue weighted by molar-refractivity contribution is 5.94. The minimum Gasteiger partial charge on any atom is -0.496 e. The summed E-state index contributed by atoms with van der Waals surface area (Å²) in [4.78, 5) is 22.3. The lowest BCUT2D eigenvalue weighted by atomic mass is 10.1. The SMILES string of the molecule is C#CCCC(=O)Nc1ccc(C(=O)O)c(OC)c1. The summed E-state index contributed by atoms with van der Waals surface area (Å²) in [6, 6.07) is 4.33. The molecule has 0 heterocycles. The van der Waals surface area contributed by atoms with Crippen LogP contribution in [0.5, 0.6) is 5.75 Å². The third-order valence-electron chi connectivity index (χ3n) is 2.21. The number of methoxy groups -OCH3 is 1. The second-order valence-corrected chi connectivity index (χ2v) is 3.47. The number of carbonyl (C=O) groups is 2. The van der Waals surface area contributed by atoms with Crippen molar-refractivity contribution in [2.75, 3.05) is 12.4 Å². The van der Waals surface area contributed by atoms with Crippen molar-refractivity contribution in [3.05, 3.63) is 23.8 Å². The lowest BCUT2D eigenvalue weighted by Crippen LogP contribution is -2.11. The van der Waals surface area contributed by atoms with E-state index in [1.807, 2.05) is 0 Å². The predicted molar refractivity (Wildman–Crippen MR) is 66.7 cm³/mol. The number of hydrogen-bond donors (Lipinski definition) is 2. The van der Waals surface area contributed by atoms with Crippen molar-refractivity contribution >= 4 is 17.6 Å². The van der Waals surface area contributed by atoms with Gasteiger partial charge in [0.2, 0.25) is 5.91 Å². The monoisotopic (exact) mass is 247 g/mol. The molecule has 0 fully saturated rings. The Hall–Kier alpha value is -2.48. The van der Waals surface area contributed by atoms with Crippen molar-refractivity contribution < 1.29 is 19.4 Å². The van der Waals surface area contributed by atoms with Crippen LogP contribution in [0, 0.1) is 12.3 Å². The Labute approximate surface area is 105 Å². The van der Waals surface area contributed by atoms with Crippen molar-refractivity contribution in [2.24, 2.45) is 0 Å². The predicted octanol–water partition coefficient (Wildman–Crippen LogP) is 1.75. The number of benzene rings is 1. The number of carbonyl (C=O) groups excluding carboxylic acids is 1. The van der Waals surface area contributed by atoms with E-state index >= 15 is 0 Å². The average Bonchev–Trinajstić information content (AvgIpc) is 2.35. The Morgan fingerprint density at radius 2 is 2.22 bits per heavy atom. The summed E-state index contributed by atoms with van der Waals surface area (Å²) >= 11 is 0. The van der Waals surface area contributed by atoms with E-state index in [9.17, 15) is 9.59 Å². The molecule has 0 saturated carbocycles. The molecule has 2 N–H and O–H groups in total. The number of ether oxygens (including phenoxy) is 1. The van der Waals surface area contributed by atoms with Crippen molar-refractivity contribution in [3.63, 3.8) is 0 Å². The normalized spacial score (nSPS) is 9.33. The van der Waals surface area contributed by atoms with Gasteiger partial charge in [0, 0.05) is 24.6 Å². The van der Waals surface area contributed by atoms with Crippen LogP contribution >= 0.6 is 0 Å². The number of amides is 1. The first-order chi connectivity index (χ1) is 8.58. The second kappa shape index (κ2) is 6.30. The fourth-order valence-electron chi connectivity index (χ4n) is 1.35. The van der Waals surface area contributed by atoms with Crippen LogP contribution in [0.4, 0.5) is 5.69 Å². The van der Waals surface area contributed by atoms with Gasteiger partial charge in [-0.2, -0.15) is 0 Å². The summed E-state index contributed by atoms with van der Waals surface area (Å²) in [5, 5.41) is 11.5. The first kappa shape index (κ1) is 13.6. The molecule has 0 saturated heterocycles. The molecule has 1 aromatic rings. The molecule has 18 heavy (non-hydrogen) atoms. The molecule has 1 aromatic carbocycles. The molecule has 0 radical (unpaired) electrons. The van der Waals surface area contributed by atoms with Gasteiger partial charge in [0.1, 0.15) is 11.3 Å². The van der Waals surface area contributed by atoms with Gasteiger partial charge >= 0.3 is 5.97 Å². The van der Waals surface area contributed by atoms with E-state index in [1.165, 1.54) is 25.3 Å².